The topological polar surface area (TPSA) is 3.24 Å². The first-order valence-electron chi connectivity index (χ1n) is 6.97. The normalized spacial score (nSPS) is 22.2. The van der Waals surface area contributed by atoms with E-state index in [9.17, 15) is 0 Å². The maximum Gasteiger partial charge on any atom is 0.0657 e. The van der Waals surface area contributed by atoms with E-state index in [1.54, 1.807) is 0 Å². The minimum atomic E-state index is 0.402. The molecule has 0 atom stereocenters. The summed E-state index contributed by atoms with van der Waals surface area (Å²) in [6.07, 6.45) is 10.3. The zero-order valence-electron chi connectivity index (χ0n) is 11.6. The number of likely N-dealkylation sites (N-methyl/N-ethyl adjacent to an activating group) is 1. The summed E-state index contributed by atoms with van der Waals surface area (Å²) in [6.45, 7) is 7.71. The van der Waals surface area contributed by atoms with Crippen LogP contribution in [0.4, 0.5) is 5.69 Å². The molecule has 1 aliphatic rings. The summed E-state index contributed by atoms with van der Waals surface area (Å²) in [4.78, 5) is 2.47. The quantitative estimate of drug-likeness (QED) is 0.714. The van der Waals surface area contributed by atoms with Gasteiger partial charge in [-0.05, 0) is 30.9 Å². The maximum absolute atomic E-state index is 2.47. The van der Waals surface area contributed by atoms with Gasteiger partial charge < -0.3 is 4.90 Å². The summed E-state index contributed by atoms with van der Waals surface area (Å²) >= 11 is 0. The van der Waals surface area contributed by atoms with E-state index in [0.29, 0.717) is 12.0 Å². The highest BCUT2D eigenvalue weighted by Crippen LogP contribution is 2.25. The van der Waals surface area contributed by atoms with Crippen LogP contribution in [-0.2, 0) is 6.42 Å². The molecule has 0 aromatic heterocycles. The van der Waals surface area contributed by atoms with Crippen molar-refractivity contribution in [2.45, 2.75) is 33.2 Å². The summed E-state index contributed by atoms with van der Waals surface area (Å²) in [5, 5.41) is 0. The third kappa shape index (κ3) is 2.66. The molecule has 0 amide bonds. The van der Waals surface area contributed by atoms with Gasteiger partial charge in [0, 0.05) is 12.2 Å². The van der Waals surface area contributed by atoms with Crippen LogP contribution >= 0.6 is 0 Å². The number of para-hydroxylation sites is 1. The monoisotopic (exact) mass is 241 g/mol. The maximum atomic E-state index is 2.47. The third-order valence-corrected chi connectivity index (χ3v) is 3.61. The van der Waals surface area contributed by atoms with Crippen LogP contribution in [-0.4, -0.2) is 12.6 Å². The molecule has 0 unspecified atom stereocenters. The number of benzene rings is 1. The first kappa shape index (κ1) is 12.9. The number of hydrogen-bond donors (Lipinski definition) is 0. The minimum absolute atomic E-state index is 0.402. The van der Waals surface area contributed by atoms with E-state index in [2.05, 4.69) is 74.2 Å². The molecule has 1 heteroatoms. The van der Waals surface area contributed by atoms with Crippen LogP contribution in [0.1, 0.15) is 26.3 Å². The van der Waals surface area contributed by atoms with Crippen molar-refractivity contribution >= 4 is 5.69 Å². The second-order valence-corrected chi connectivity index (χ2v) is 4.89. The van der Waals surface area contributed by atoms with Gasteiger partial charge in [0.1, 0.15) is 0 Å². The van der Waals surface area contributed by atoms with Gasteiger partial charge in [0.05, 0.1) is 6.04 Å². The van der Waals surface area contributed by atoms with Gasteiger partial charge in [-0.3, -0.25) is 0 Å². The van der Waals surface area contributed by atoms with Crippen molar-refractivity contribution in [3.05, 3.63) is 54.1 Å². The Hall–Kier alpha value is -1.50. The van der Waals surface area contributed by atoms with Crippen LogP contribution in [0.5, 0.6) is 0 Å². The van der Waals surface area contributed by atoms with Gasteiger partial charge >= 0.3 is 0 Å². The lowest BCUT2D eigenvalue weighted by Crippen LogP contribution is -2.34. The third-order valence-electron chi connectivity index (χ3n) is 3.61. The zero-order chi connectivity index (χ0) is 13.0. The second-order valence-electron chi connectivity index (χ2n) is 4.89. The fourth-order valence-corrected chi connectivity index (χ4v) is 2.55. The number of hydrogen-bond acceptors (Lipinski definition) is 1. The molecule has 0 N–H and O–H groups in total. The van der Waals surface area contributed by atoms with Gasteiger partial charge in [-0.25, -0.2) is 0 Å². The molecule has 0 saturated carbocycles. The molecule has 1 nitrogen and oxygen atoms in total. The molecule has 0 aliphatic heterocycles. The summed E-state index contributed by atoms with van der Waals surface area (Å²) < 4.78 is 0. The highest BCUT2D eigenvalue weighted by molar-refractivity contribution is 5.56. The molecule has 1 aromatic carbocycles. The summed E-state index contributed by atoms with van der Waals surface area (Å²) in [7, 11) is 0. The Morgan fingerprint density at radius 1 is 1.00 bits per heavy atom. The predicted molar refractivity (Wildman–Crippen MR) is 80.1 cm³/mol. The molecule has 0 heterocycles. The van der Waals surface area contributed by atoms with Gasteiger partial charge in [0.2, 0.25) is 0 Å². The van der Waals surface area contributed by atoms with Crippen molar-refractivity contribution in [2.75, 3.05) is 11.4 Å². The molecule has 1 aromatic rings. The number of allylic oxidation sites excluding steroid dienone is 2. The van der Waals surface area contributed by atoms with Crippen LogP contribution in [0.2, 0.25) is 0 Å². The van der Waals surface area contributed by atoms with E-state index in [4.69, 9.17) is 0 Å². The second kappa shape index (κ2) is 5.90. The molecule has 0 saturated heterocycles. The van der Waals surface area contributed by atoms with E-state index < -0.39 is 0 Å². The Labute approximate surface area is 111 Å². The van der Waals surface area contributed by atoms with Gasteiger partial charge in [-0.2, -0.15) is 0 Å². The first-order chi connectivity index (χ1) is 8.76. The Kier molecular flexibility index (Phi) is 4.24. The molecule has 0 radical (unpaired) electrons. The predicted octanol–water partition coefficient (Wildman–Crippen LogP) is 4.21. The molecule has 96 valence electrons. The Balaban J connectivity index is 2.28. The average molecular weight is 241 g/mol. The van der Waals surface area contributed by atoms with Crippen molar-refractivity contribution in [1.29, 1.82) is 0 Å². The molecule has 1 aliphatic carbocycles. The lowest BCUT2D eigenvalue weighted by atomic mass is 10.00. The average Bonchev–Trinajstić information content (AvgIpc) is 2.42. The van der Waals surface area contributed by atoms with E-state index >= 15 is 0 Å². The molecule has 0 spiro atoms. The van der Waals surface area contributed by atoms with E-state index in [-0.39, 0.29) is 0 Å². The fourth-order valence-electron chi connectivity index (χ4n) is 2.55. The van der Waals surface area contributed by atoms with Crippen LogP contribution in [0.25, 0.3) is 0 Å². The highest BCUT2D eigenvalue weighted by Gasteiger charge is 2.16. The minimum Gasteiger partial charge on any atom is -0.362 e. The van der Waals surface area contributed by atoms with Gasteiger partial charge in [0.15, 0.2) is 0 Å². The Morgan fingerprint density at radius 2 is 1.67 bits per heavy atom. The molecule has 2 rings (SSSR count). The van der Waals surface area contributed by atoms with Crippen molar-refractivity contribution in [3.63, 3.8) is 0 Å². The van der Waals surface area contributed by atoms with Crippen LogP contribution in [0.15, 0.2) is 48.6 Å². The van der Waals surface area contributed by atoms with E-state index in [1.807, 2.05) is 0 Å². The van der Waals surface area contributed by atoms with Crippen LogP contribution in [0.3, 0.4) is 0 Å². The number of anilines is 1. The van der Waals surface area contributed by atoms with E-state index in [1.165, 1.54) is 11.3 Å². The number of aryl methyl sites for hydroxylation is 1. The number of nitrogens with zero attached hydrogens (tertiary/aromatic N) is 1. The molecular formula is C17H23N. The van der Waals surface area contributed by atoms with Crippen LogP contribution in [0, 0.1) is 5.92 Å². The van der Waals surface area contributed by atoms with Crippen molar-refractivity contribution in [3.8, 4) is 0 Å². The van der Waals surface area contributed by atoms with Crippen molar-refractivity contribution < 1.29 is 0 Å². The largest absolute Gasteiger partial charge is 0.362 e. The fraction of sp³-hybridized carbons (Fsp3) is 0.412. The Bertz CT molecular complexity index is 431. The summed E-state index contributed by atoms with van der Waals surface area (Å²) in [5.41, 5.74) is 2.80. The first-order valence-corrected chi connectivity index (χ1v) is 6.97. The lowest BCUT2D eigenvalue weighted by Gasteiger charge is -2.32. The number of rotatable bonds is 4. The van der Waals surface area contributed by atoms with Gasteiger partial charge in [-0.15, -0.1) is 0 Å². The SMILES string of the molecule is CCc1ccccc1N(CC)C1C=CC(C)C=C1. The van der Waals surface area contributed by atoms with Crippen LogP contribution < -0.4 is 4.90 Å². The summed E-state index contributed by atoms with van der Waals surface area (Å²) in [6, 6.07) is 9.14. The van der Waals surface area contributed by atoms with Gasteiger partial charge in [-0.1, -0.05) is 56.4 Å². The Morgan fingerprint density at radius 3 is 2.28 bits per heavy atom. The lowest BCUT2D eigenvalue weighted by molar-refractivity contribution is 0.770. The summed E-state index contributed by atoms with van der Waals surface area (Å²) in [5.74, 6) is 0.571. The highest BCUT2D eigenvalue weighted by atomic mass is 15.2. The van der Waals surface area contributed by atoms with Crippen molar-refractivity contribution in [2.24, 2.45) is 5.92 Å². The smallest absolute Gasteiger partial charge is 0.0657 e. The van der Waals surface area contributed by atoms with E-state index in [0.717, 1.165) is 13.0 Å². The molecule has 18 heavy (non-hydrogen) atoms. The standard InChI is InChI=1S/C17H23N/c1-4-15-8-6-7-9-17(15)18(5-2)16-12-10-14(3)11-13-16/h6-14,16H,4-5H2,1-3H3. The molecular weight excluding hydrogens is 218 g/mol. The zero-order valence-corrected chi connectivity index (χ0v) is 11.6. The van der Waals surface area contributed by atoms with Crippen molar-refractivity contribution in [1.82, 2.24) is 0 Å². The molecule has 0 bridgehead atoms. The van der Waals surface area contributed by atoms with Gasteiger partial charge in [0.25, 0.3) is 0 Å². The molecule has 0 fully saturated rings.